The Morgan fingerprint density at radius 3 is 2.32 bits per heavy atom. The summed E-state index contributed by atoms with van der Waals surface area (Å²) in [5.41, 5.74) is 6.34. The fourth-order valence-electron chi connectivity index (χ4n) is 2.73. The van der Waals surface area contributed by atoms with Crippen molar-refractivity contribution in [3.63, 3.8) is 0 Å². The maximum absolute atomic E-state index is 12.7. The van der Waals surface area contributed by atoms with Gasteiger partial charge < -0.3 is 11.1 Å². The maximum atomic E-state index is 12.7. The Morgan fingerprint density at radius 2 is 1.84 bits per heavy atom. The third-order valence-corrected chi connectivity index (χ3v) is 6.21. The minimum atomic E-state index is -3.61. The lowest BCUT2D eigenvalue weighted by molar-refractivity contribution is -0.118. The van der Waals surface area contributed by atoms with E-state index >= 15 is 0 Å². The molecule has 1 amide bonds. The first-order valence-electron chi connectivity index (χ1n) is 8.04. The lowest BCUT2D eigenvalue weighted by Crippen LogP contribution is -2.46. The van der Waals surface area contributed by atoms with Crippen LogP contribution in [0.4, 0.5) is 0 Å². The first-order valence-corrected chi connectivity index (χ1v) is 9.48. The first-order chi connectivity index (χ1) is 11.8. The number of hydrogen-bond acceptors (Lipinski definition) is 5. The minimum absolute atomic E-state index is 0.0482. The van der Waals surface area contributed by atoms with E-state index < -0.39 is 16.1 Å². The van der Waals surface area contributed by atoms with Gasteiger partial charge in [0, 0.05) is 19.1 Å². The molecule has 1 atom stereocenters. The predicted molar refractivity (Wildman–Crippen MR) is 94.2 cm³/mol. The topological polar surface area (TPSA) is 110 Å². The summed E-state index contributed by atoms with van der Waals surface area (Å²) in [6, 6.07) is 5.28. The van der Waals surface area contributed by atoms with E-state index in [1.165, 1.54) is 29.4 Å². The van der Waals surface area contributed by atoms with E-state index in [0.29, 0.717) is 31.5 Å². The standard InChI is InChI=1S/C17H23N3O4S/c1-3-16(22)19-14-8-10-20(11-9-14)25(23,24)15-6-4-13(5-7-15)17(18)12(2)21/h3-7,14,17H,1,8-11,18H2,2H3,(H,19,22). The molecule has 3 N–H and O–H groups in total. The van der Waals surface area contributed by atoms with Gasteiger partial charge in [-0.2, -0.15) is 4.31 Å². The van der Waals surface area contributed by atoms with Crippen LogP contribution in [0.1, 0.15) is 31.4 Å². The van der Waals surface area contributed by atoms with Gasteiger partial charge in [-0.05, 0) is 43.5 Å². The molecule has 0 aliphatic carbocycles. The highest BCUT2D eigenvalue weighted by atomic mass is 32.2. The van der Waals surface area contributed by atoms with Crippen molar-refractivity contribution in [3.8, 4) is 0 Å². The molecule has 1 aromatic rings. The first kappa shape index (κ1) is 19.3. The number of amides is 1. The van der Waals surface area contributed by atoms with E-state index in [1.54, 1.807) is 12.1 Å². The van der Waals surface area contributed by atoms with Crippen molar-refractivity contribution in [1.29, 1.82) is 0 Å². The van der Waals surface area contributed by atoms with Crippen molar-refractivity contribution in [2.24, 2.45) is 5.73 Å². The van der Waals surface area contributed by atoms with Crippen LogP contribution >= 0.6 is 0 Å². The van der Waals surface area contributed by atoms with Crippen molar-refractivity contribution in [3.05, 3.63) is 42.5 Å². The Kier molecular flexibility index (Phi) is 6.10. The van der Waals surface area contributed by atoms with Crippen LogP contribution in [0.5, 0.6) is 0 Å². The van der Waals surface area contributed by atoms with Gasteiger partial charge in [-0.15, -0.1) is 0 Å². The smallest absolute Gasteiger partial charge is 0.243 e. The highest BCUT2D eigenvalue weighted by Gasteiger charge is 2.29. The molecule has 25 heavy (non-hydrogen) atoms. The molecule has 1 fully saturated rings. The average molecular weight is 365 g/mol. The molecule has 0 aromatic heterocycles. The summed E-state index contributed by atoms with van der Waals surface area (Å²) in [4.78, 5) is 22.8. The van der Waals surface area contributed by atoms with Crippen molar-refractivity contribution in [2.45, 2.75) is 36.7 Å². The van der Waals surface area contributed by atoms with Crippen LogP contribution in [0.25, 0.3) is 0 Å². The normalized spacial score (nSPS) is 17.7. The number of nitrogens with zero attached hydrogens (tertiary/aromatic N) is 1. The van der Waals surface area contributed by atoms with Crippen molar-refractivity contribution in [2.75, 3.05) is 13.1 Å². The molecular formula is C17H23N3O4S. The Bertz CT molecular complexity index is 751. The quantitative estimate of drug-likeness (QED) is 0.722. The van der Waals surface area contributed by atoms with Gasteiger partial charge in [-0.25, -0.2) is 8.42 Å². The van der Waals surface area contributed by atoms with E-state index in [9.17, 15) is 18.0 Å². The number of hydrogen-bond donors (Lipinski definition) is 2. The second kappa shape index (κ2) is 7.90. The monoisotopic (exact) mass is 365 g/mol. The van der Waals surface area contributed by atoms with Gasteiger partial charge in [0.2, 0.25) is 15.9 Å². The predicted octanol–water partition coefficient (Wildman–Crippen LogP) is 0.731. The Balaban J connectivity index is 2.06. The molecule has 7 nitrogen and oxygen atoms in total. The van der Waals surface area contributed by atoms with E-state index in [1.807, 2.05) is 0 Å². The Hall–Kier alpha value is -2.03. The van der Waals surface area contributed by atoms with Crippen LogP contribution < -0.4 is 11.1 Å². The molecule has 8 heteroatoms. The third kappa shape index (κ3) is 4.53. The lowest BCUT2D eigenvalue weighted by atomic mass is 10.1. The Labute approximate surface area is 147 Å². The SMILES string of the molecule is C=CC(=O)NC1CCN(S(=O)(=O)c2ccc(C(N)C(C)=O)cc2)CC1. The molecule has 0 saturated carbocycles. The number of sulfonamides is 1. The second-order valence-corrected chi connectivity index (χ2v) is 7.99. The van der Waals surface area contributed by atoms with E-state index in [4.69, 9.17) is 5.73 Å². The summed E-state index contributed by atoms with van der Waals surface area (Å²) in [6.07, 6.45) is 2.30. The van der Waals surface area contributed by atoms with Crippen molar-refractivity contribution < 1.29 is 18.0 Å². The van der Waals surface area contributed by atoms with E-state index in [2.05, 4.69) is 11.9 Å². The summed E-state index contributed by atoms with van der Waals surface area (Å²) in [5, 5.41) is 2.79. The number of carbonyl (C=O) groups excluding carboxylic acids is 2. The number of piperidine rings is 1. The number of Topliss-reactive ketones (excluding diaryl/α,β-unsaturated/α-hetero) is 1. The number of nitrogens with one attached hydrogen (secondary N) is 1. The van der Waals surface area contributed by atoms with Gasteiger partial charge in [0.05, 0.1) is 10.9 Å². The average Bonchev–Trinajstić information content (AvgIpc) is 2.61. The maximum Gasteiger partial charge on any atom is 0.243 e. The fourth-order valence-corrected chi connectivity index (χ4v) is 4.20. The van der Waals surface area contributed by atoms with Crippen LogP contribution in [0.3, 0.4) is 0 Å². The van der Waals surface area contributed by atoms with Gasteiger partial charge in [0.1, 0.15) is 0 Å². The van der Waals surface area contributed by atoms with Crippen LogP contribution in [-0.2, 0) is 19.6 Å². The van der Waals surface area contributed by atoms with Crippen LogP contribution in [0.2, 0.25) is 0 Å². The number of ketones is 1. The van der Waals surface area contributed by atoms with Crippen LogP contribution in [-0.4, -0.2) is 43.5 Å². The molecule has 2 rings (SSSR count). The molecule has 1 heterocycles. The van der Waals surface area contributed by atoms with Gasteiger partial charge >= 0.3 is 0 Å². The summed E-state index contributed by atoms with van der Waals surface area (Å²) in [5.74, 6) is -0.432. The molecule has 136 valence electrons. The minimum Gasteiger partial charge on any atom is -0.350 e. The molecule has 0 radical (unpaired) electrons. The fraction of sp³-hybridized carbons (Fsp3) is 0.412. The second-order valence-electron chi connectivity index (χ2n) is 6.05. The zero-order valence-electron chi connectivity index (χ0n) is 14.1. The summed E-state index contributed by atoms with van der Waals surface area (Å²) < 4.78 is 26.8. The molecule has 1 aromatic carbocycles. The zero-order valence-corrected chi connectivity index (χ0v) is 15.0. The molecular weight excluding hydrogens is 342 g/mol. The van der Waals surface area contributed by atoms with Crippen LogP contribution in [0, 0.1) is 0 Å². The van der Waals surface area contributed by atoms with Gasteiger partial charge in [0.15, 0.2) is 5.78 Å². The molecule has 1 unspecified atom stereocenters. The summed E-state index contributed by atoms with van der Waals surface area (Å²) in [6.45, 7) is 5.46. The largest absolute Gasteiger partial charge is 0.350 e. The van der Waals surface area contributed by atoms with Crippen molar-refractivity contribution >= 4 is 21.7 Å². The molecule has 1 aliphatic heterocycles. The van der Waals surface area contributed by atoms with Gasteiger partial charge in [-0.3, -0.25) is 9.59 Å². The van der Waals surface area contributed by atoms with E-state index in [0.717, 1.165) is 0 Å². The lowest BCUT2D eigenvalue weighted by Gasteiger charge is -2.31. The van der Waals surface area contributed by atoms with Gasteiger partial charge in [0.25, 0.3) is 0 Å². The number of benzene rings is 1. The van der Waals surface area contributed by atoms with E-state index in [-0.39, 0.29) is 22.6 Å². The number of nitrogens with two attached hydrogens (primary N) is 1. The van der Waals surface area contributed by atoms with Gasteiger partial charge in [-0.1, -0.05) is 18.7 Å². The Morgan fingerprint density at radius 1 is 1.28 bits per heavy atom. The molecule has 1 aliphatic rings. The zero-order chi connectivity index (χ0) is 18.6. The molecule has 0 bridgehead atoms. The highest BCUT2D eigenvalue weighted by Crippen LogP contribution is 2.22. The summed E-state index contributed by atoms with van der Waals surface area (Å²) in [7, 11) is -3.61. The molecule has 1 saturated heterocycles. The number of carbonyl (C=O) groups is 2. The van der Waals surface area contributed by atoms with Crippen LogP contribution in [0.15, 0.2) is 41.8 Å². The van der Waals surface area contributed by atoms with Crippen molar-refractivity contribution in [1.82, 2.24) is 9.62 Å². The summed E-state index contributed by atoms with van der Waals surface area (Å²) >= 11 is 0. The number of rotatable bonds is 6. The molecule has 0 spiro atoms. The third-order valence-electron chi connectivity index (χ3n) is 4.30. The highest BCUT2D eigenvalue weighted by molar-refractivity contribution is 7.89.